The van der Waals surface area contributed by atoms with Crippen LogP contribution in [0.3, 0.4) is 0 Å². The summed E-state index contributed by atoms with van der Waals surface area (Å²) in [5.74, 6) is 0.0567. The quantitative estimate of drug-likeness (QED) is 0.847. The van der Waals surface area contributed by atoms with Crippen LogP contribution in [0.1, 0.15) is 12.0 Å². The molecule has 2 aromatic rings. The summed E-state index contributed by atoms with van der Waals surface area (Å²) in [6, 6.07) is 15.9. The van der Waals surface area contributed by atoms with E-state index in [-0.39, 0.29) is 5.91 Å². The highest BCUT2D eigenvalue weighted by molar-refractivity contribution is 6.01. The first-order chi connectivity index (χ1) is 10.2. The molecule has 0 saturated carbocycles. The fourth-order valence-corrected chi connectivity index (χ4v) is 2.66. The number of carbonyl (C=O) groups excluding carboxylic acids is 1. The minimum Gasteiger partial charge on any atom is -0.399 e. The lowest BCUT2D eigenvalue weighted by molar-refractivity contribution is -0.115. The topological polar surface area (TPSA) is 58.4 Å². The third-order valence-corrected chi connectivity index (χ3v) is 3.73. The lowest BCUT2D eigenvalue weighted by Crippen LogP contribution is -2.38. The van der Waals surface area contributed by atoms with Crippen molar-refractivity contribution in [2.45, 2.75) is 12.8 Å². The highest BCUT2D eigenvalue weighted by atomic mass is 16.2. The van der Waals surface area contributed by atoms with Gasteiger partial charge in [0.15, 0.2) is 0 Å². The lowest BCUT2D eigenvalue weighted by atomic mass is 10.1. The number of para-hydroxylation sites is 2. The molecule has 0 atom stereocenters. The second kappa shape index (κ2) is 5.87. The van der Waals surface area contributed by atoms with Crippen molar-refractivity contribution in [3.05, 3.63) is 54.1 Å². The van der Waals surface area contributed by atoms with E-state index >= 15 is 0 Å². The molecule has 0 bridgehead atoms. The molecular formula is C17H19N3O. The summed E-state index contributed by atoms with van der Waals surface area (Å²) in [7, 11) is 0. The zero-order valence-electron chi connectivity index (χ0n) is 11.9. The van der Waals surface area contributed by atoms with Gasteiger partial charge in [0.25, 0.3) is 0 Å². The smallest absolute Gasteiger partial charge is 0.243 e. The molecule has 0 radical (unpaired) electrons. The molecule has 0 saturated heterocycles. The fourth-order valence-electron chi connectivity index (χ4n) is 2.66. The lowest BCUT2D eigenvalue weighted by Gasteiger charge is -2.30. The number of anilines is 3. The molecule has 0 aliphatic carbocycles. The van der Waals surface area contributed by atoms with Crippen molar-refractivity contribution in [1.29, 1.82) is 0 Å². The van der Waals surface area contributed by atoms with Crippen molar-refractivity contribution in [2.24, 2.45) is 0 Å². The summed E-state index contributed by atoms with van der Waals surface area (Å²) in [4.78, 5) is 13.9. The number of fused-ring (bicyclic) bond motifs is 1. The van der Waals surface area contributed by atoms with Crippen LogP contribution >= 0.6 is 0 Å². The zero-order valence-corrected chi connectivity index (χ0v) is 11.9. The van der Waals surface area contributed by atoms with Crippen LogP contribution < -0.4 is 16.0 Å². The average molecular weight is 281 g/mol. The summed E-state index contributed by atoms with van der Waals surface area (Å²) < 4.78 is 0. The van der Waals surface area contributed by atoms with Crippen molar-refractivity contribution in [3.63, 3.8) is 0 Å². The summed E-state index contributed by atoms with van der Waals surface area (Å²) in [6.45, 7) is 1.30. The molecule has 2 aromatic carbocycles. The largest absolute Gasteiger partial charge is 0.399 e. The number of carbonyl (C=O) groups is 1. The van der Waals surface area contributed by atoms with Gasteiger partial charge in [-0.1, -0.05) is 24.3 Å². The van der Waals surface area contributed by atoms with E-state index < -0.39 is 0 Å². The molecule has 1 amide bonds. The van der Waals surface area contributed by atoms with Crippen LogP contribution in [0.25, 0.3) is 0 Å². The predicted molar refractivity (Wildman–Crippen MR) is 86.5 cm³/mol. The Morgan fingerprint density at radius 2 is 1.86 bits per heavy atom. The van der Waals surface area contributed by atoms with E-state index in [1.165, 1.54) is 5.56 Å². The van der Waals surface area contributed by atoms with E-state index in [4.69, 9.17) is 5.73 Å². The van der Waals surface area contributed by atoms with Crippen LogP contribution in [0.5, 0.6) is 0 Å². The van der Waals surface area contributed by atoms with Gasteiger partial charge in [0.2, 0.25) is 5.91 Å². The maximum atomic E-state index is 11.7. The van der Waals surface area contributed by atoms with E-state index in [1.807, 2.05) is 30.3 Å². The Morgan fingerprint density at radius 3 is 2.67 bits per heavy atom. The third-order valence-electron chi connectivity index (χ3n) is 3.73. The number of aryl methyl sites for hydroxylation is 1. The Kier molecular flexibility index (Phi) is 3.77. The standard InChI is InChI=1S/C17H19N3O/c18-14-9-7-13(8-10-14)4-3-11-20-12-17(21)19-15-5-1-2-6-16(15)20/h1-2,5-10H,3-4,11-12,18H2,(H,19,21). The van der Waals surface area contributed by atoms with Gasteiger partial charge in [-0.15, -0.1) is 0 Å². The first kappa shape index (κ1) is 13.5. The van der Waals surface area contributed by atoms with Crippen molar-refractivity contribution < 1.29 is 4.79 Å². The Balaban J connectivity index is 1.63. The van der Waals surface area contributed by atoms with Crippen molar-refractivity contribution in [1.82, 2.24) is 0 Å². The van der Waals surface area contributed by atoms with Crippen LogP contribution in [-0.2, 0) is 11.2 Å². The van der Waals surface area contributed by atoms with E-state index in [2.05, 4.69) is 28.4 Å². The van der Waals surface area contributed by atoms with Gasteiger partial charge in [0.1, 0.15) is 0 Å². The van der Waals surface area contributed by atoms with Crippen LogP contribution in [0, 0.1) is 0 Å². The maximum Gasteiger partial charge on any atom is 0.243 e. The van der Waals surface area contributed by atoms with Gasteiger partial charge in [-0.3, -0.25) is 4.79 Å². The van der Waals surface area contributed by atoms with Crippen LogP contribution in [0.15, 0.2) is 48.5 Å². The zero-order chi connectivity index (χ0) is 14.7. The maximum absolute atomic E-state index is 11.7. The molecule has 0 unspecified atom stereocenters. The third kappa shape index (κ3) is 3.16. The van der Waals surface area contributed by atoms with E-state index in [0.29, 0.717) is 6.54 Å². The second-order valence-corrected chi connectivity index (χ2v) is 5.33. The van der Waals surface area contributed by atoms with Crippen molar-refractivity contribution in [3.8, 4) is 0 Å². The molecule has 21 heavy (non-hydrogen) atoms. The number of benzene rings is 2. The molecular weight excluding hydrogens is 262 g/mol. The molecule has 0 aromatic heterocycles. The number of hydrogen-bond donors (Lipinski definition) is 2. The molecule has 4 nitrogen and oxygen atoms in total. The van der Waals surface area contributed by atoms with Gasteiger partial charge in [-0.05, 0) is 42.7 Å². The fraction of sp³-hybridized carbons (Fsp3) is 0.235. The number of nitrogens with zero attached hydrogens (tertiary/aromatic N) is 1. The Labute approximate surface area is 124 Å². The van der Waals surface area contributed by atoms with E-state index in [1.54, 1.807) is 0 Å². The molecule has 3 rings (SSSR count). The average Bonchev–Trinajstić information content (AvgIpc) is 2.49. The molecule has 0 fully saturated rings. The number of nitrogen functional groups attached to an aromatic ring is 1. The first-order valence-electron chi connectivity index (χ1n) is 7.20. The Morgan fingerprint density at radius 1 is 1.10 bits per heavy atom. The highest BCUT2D eigenvalue weighted by Gasteiger charge is 2.20. The molecule has 108 valence electrons. The Hall–Kier alpha value is -2.49. The summed E-state index contributed by atoms with van der Waals surface area (Å²) in [5, 5.41) is 2.91. The number of nitrogens with two attached hydrogens (primary N) is 1. The molecule has 4 heteroatoms. The minimum atomic E-state index is 0.0567. The SMILES string of the molecule is Nc1ccc(CCCN2CC(=O)Nc3ccccc32)cc1. The van der Waals surface area contributed by atoms with Gasteiger partial charge in [0, 0.05) is 12.2 Å². The van der Waals surface area contributed by atoms with Crippen molar-refractivity contribution >= 4 is 23.0 Å². The highest BCUT2D eigenvalue weighted by Crippen LogP contribution is 2.28. The van der Waals surface area contributed by atoms with Crippen molar-refractivity contribution in [2.75, 3.05) is 29.0 Å². The predicted octanol–water partition coefficient (Wildman–Crippen LogP) is 2.66. The summed E-state index contributed by atoms with van der Waals surface area (Å²) in [6.07, 6.45) is 1.99. The number of amides is 1. The Bertz CT molecular complexity index is 637. The normalized spacial score (nSPS) is 13.7. The van der Waals surface area contributed by atoms with Crippen LogP contribution in [0.2, 0.25) is 0 Å². The van der Waals surface area contributed by atoms with Gasteiger partial charge in [0.05, 0.1) is 17.9 Å². The van der Waals surface area contributed by atoms with Crippen LogP contribution in [-0.4, -0.2) is 19.0 Å². The van der Waals surface area contributed by atoms with E-state index in [0.717, 1.165) is 36.4 Å². The number of hydrogen-bond acceptors (Lipinski definition) is 3. The van der Waals surface area contributed by atoms with Gasteiger partial charge >= 0.3 is 0 Å². The molecule has 3 N–H and O–H groups in total. The second-order valence-electron chi connectivity index (χ2n) is 5.33. The van der Waals surface area contributed by atoms with Gasteiger partial charge < -0.3 is 16.0 Å². The van der Waals surface area contributed by atoms with Gasteiger partial charge in [-0.2, -0.15) is 0 Å². The minimum absolute atomic E-state index is 0.0567. The van der Waals surface area contributed by atoms with Gasteiger partial charge in [-0.25, -0.2) is 0 Å². The number of nitrogens with one attached hydrogen (secondary N) is 1. The molecule has 1 heterocycles. The number of rotatable bonds is 4. The molecule has 1 aliphatic heterocycles. The first-order valence-corrected chi connectivity index (χ1v) is 7.20. The summed E-state index contributed by atoms with van der Waals surface area (Å²) >= 11 is 0. The molecule has 0 spiro atoms. The monoisotopic (exact) mass is 281 g/mol. The van der Waals surface area contributed by atoms with Crippen LogP contribution in [0.4, 0.5) is 17.1 Å². The molecule has 1 aliphatic rings. The van der Waals surface area contributed by atoms with E-state index in [9.17, 15) is 4.79 Å². The summed E-state index contributed by atoms with van der Waals surface area (Å²) in [5.41, 5.74) is 9.77.